The van der Waals surface area contributed by atoms with Gasteiger partial charge in [-0.1, -0.05) is 0 Å². The van der Waals surface area contributed by atoms with Crippen molar-refractivity contribution >= 4 is 22.3 Å². The fourth-order valence-corrected chi connectivity index (χ4v) is 3.25. The molecule has 1 fully saturated rings. The fourth-order valence-electron chi connectivity index (χ4n) is 2.95. The molecule has 0 spiro atoms. The second-order valence-electron chi connectivity index (χ2n) is 6.50. The standard InChI is InChI=1S/C14H21NO16S/c1-4(16)15-8-11(30-31-22)10(7(27-13(8)21)3-26-32(23,24)25)29-14-9(18)5(17)2-6(28-14)12(19)20/h2,5,7-11,13-14,17-18,21-22H,3H2,1H3,(H,15,16)(H,19,20)(H,23,24,25)/p-3/t5-,7?,8?,9?,10+,11+,13+,14-/m0/s1. The van der Waals surface area contributed by atoms with Gasteiger partial charge in [0.25, 0.3) is 0 Å². The van der Waals surface area contributed by atoms with E-state index in [4.69, 9.17) is 14.2 Å². The summed E-state index contributed by atoms with van der Waals surface area (Å²) < 4.78 is 51.7. The maximum atomic E-state index is 11.4. The van der Waals surface area contributed by atoms with E-state index in [9.17, 15) is 48.2 Å². The van der Waals surface area contributed by atoms with Gasteiger partial charge in [-0.3, -0.25) is 14.0 Å². The van der Waals surface area contributed by atoms with Crippen molar-refractivity contribution in [1.82, 2.24) is 5.32 Å². The number of carboxylic acids is 1. The SMILES string of the molecule is CC(=O)NC1[C@H](O)OC(COS(=O)(=O)[O-])[C@@H](O[C@@H]2OC(C(=O)[O-])=C[C@H](O)C2O)[C@@H]1OO[O-]. The van der Waals surface area contributed by atoms with Crippen molar-refractivity contribution in [1.29, 1.82) is 0 Å². The van der Waals surface area contributed by atoms with E-state index in [1.54, 1.807) is 0 Å². The maximum absolute atomic E-state index is 11.4. The molecule has 0 aromatic heterocycles. The van der Waals surface area contributed by atoms with E-state index in [-0.39, 0.29) is 0 Å². The molecule has 17 nitrogen and oxygen atoms in total. The molecule has 0 saturated carbocycles. The molecule has 0 bridgehead atoms. The minimum atomic E-state index is -5.29. The molecule has 8 atom stereocenters. The first-order valence-corrected chi connectivity index (χ1v) is 9.95. The Kier molecular flexibility index (Phi) is 8.84. The van der Waals surface area contributed by atoms with Crippen molar-refractivity contribution in [3.8, 4) is 0 Å². The average Bonchev–Trinajstić information content (AvgIpc) is 2.67. The number of nitrogens with one attached hydrogen (secondary N) is 1. The number of hydrogen-bond acceptors (Lipinski definition) is 16. The lowest BCUT2D eigenvalue weighted by molar-refractivity contribution is -0.807. The first-order chi connectivity index (χ1) is 14.8. The Morgan fingerprint density at radius 3 is 2.44 bits per heavy atom. The molecule has 2 aliphatic heterocycles. The fraction of sp³-hybridized carbons (Fsp3) is 0.714. The van der Waals surface area contributed by atoms with Crippen LogP contribution in [0, 0.1) is 0 Å². The molecule has 184 valence electrons. The highest BCUT2D eigenvalue weighted by molar-refractivity contribution is 7.80. The molecule has 0 aromatic carbocycles. The Hall–Kier alpha value is -1.97. The molecule has 32 heavy (non-hydrogen) atoms. The summed E-state index contributed by atoms with van der Waals surface area (Å²) in [6.45, 7) is -0.119. The summed E-state index contributed by atoms with van der Waals surface area (Å²) in [6, 6.07) is -1.60. The highest BCUT2D eigenvalue weighted by Crippen LogP contribution is 2.29. The van der Waals surface area contributed by atoms with Crippen LogP contribution in [0.5, 0.6) is 0 Å². The van der Waals surface area contributed by atoms with Gasteiger partial charge in [0, 0.05) is 6.92 Å². The van der Waals surface area contributed by atoms with Crippen molar-refractivity contribution in [3.05, 3.63) is 11.8 Å². The lowest BCUT2D eigenvalue weighted by Crippen LogP contribution is -2.67. The summed E-state index contributed by atoms with van der Waals surface area (Å²) in [5, 5.41) is 57.1. The zero-order chi connectivity index (χ0) is 24.2. The molecular formula is C14H18NO16S-3. The summed E-state index contributed by atoms with van der Waals surface area (Å²) in [4.78, 5) is 26.9. The average molecular weight is 488 g/mol. The van der Waals surface area contributed by atoms with Gasteiger partial charge < -0.3 is 54.6 Å². The zero-order valence-corrected chi connectivity index (χ0v) is 16.8. The van der Waals surface area contributed by atoms with Gasteiger partial charge in [0.05, 0.1) is 6.61 Å². The third-order valence-electron chi connectivity index (χ3n) is 4.25. The van der Waals surface area contributed by atoms with Crippen LogP contribution in [-0.4, -0.2) is 95.9 Å². The first-order valence-electron chi connectivity index (χ1n) is 8.61. The number of aliphatic hydroxyl groups is 3. The number of rotatable bonds is 9. The topological polar surface area (TPSA) is 266 Å². The van der Waals surface area contributed by atoms with Gasteiger partial charge in [-0.2, -0.15) is 0 Å². The third kappa shape index (κ3) is 6.76. The highest BCUT2D eigenvalue weighted by Gasteiger charge is 2.51. The van der Waals surface area contributed by atoms with Crippen molar-refractivity contribution in [2.45, 2.75) is 56.1 Å². The van der Waals surface area contributed by atoms with Crippen LogP contribution < -0.4 is 15.7 Å². The van der Waals surface area contributed by atoms with E-state index >= 15 is 0 Å². The van der Waals surface area contributed by atoms with Crippen LogP contribution in [0.15, 0.2) is 11.8 Å². The van der Waals surface area contributed by atoms with Gasteiger partial charge in [-0.25, -0.2) is 13.3 Å². The predicted octanol–water partition coefficient (Wildman–Crippen LogP) is -6.63. The van der Waals surface area contributed by atoms with Crippen molar-refractivity contribution in [3.63, 3.8) is 0 Å². The molecule has 0 aromatic rings. The van der Waals surface area contributed by atoms with Crippen LogP contribution in [0.3, 0.4) is 0 Å². The van der Waals surface area contributed by atoms with E-state index in [0.717, 1.165) is 6.92 Å². The summed E-state index contributed by atoms with van der Waals surface area (Å²) in [5.41, 5.74) is 0. The lowest BCUT2D eigenvalue weighted by Gasteiger charge is -2.46. The van der Waals surface area contributed by atoms with Gasteiger partial charge in [-0.15, -0.1) is 0 Å². The van der Waals surface area contributed by atoms with Crippen molar-refractivity contribution in [2.75, 3.05) is 6.61 Å². The molecule has 2 aliphatic rings. The minimum absolute atomic E-state index is 0.598. The number of hydrogen-bond donors (Lipinski definition) is 4. The largest absolute Gasteiger partial charge is 0.726 e. The molecule has 0 aliphatic carbocycles. The van der Waals surface area contributed by atoms with Crippen molar-refractivity contribution in [2.24, 2.45) is 0 Å². The zero-order valence-electron chi connectivity index (χ0n) is 16.0. The van der Waals surface area contributed by atoms with Gasteiger partial charge in [0.2, 0.25) is 22.6 Å². The predicted molar refractivity (Wildman–Crippen MR) is 84.9 cm³/mol. The monoisotopic (exact) mass is 488 g/mol. The Morgan fingerprint density at radius 2 is 1.91 bits per heavy atom. The number of aliphatic carboxylic acids is 1. The van der Waals surface area contributed by atoms with E-state index in [2.05, 4.69) is 19.4 Å². The Balaban J connectivity index is 2.37. The van der Waals surface area contributed by atoms with Gasteiger partial charge >= 0.3 is 0 Å². The van der Waals surface area contributed by atoms with E-state index in [1.165, 1.54) is 0 Å². The number of amides is 1. The molecule has 2 heterocycles. The first kappa shape index (κ1) is 26.3. The molecule has 4 N–H and O–H groups in total. The quantitative estimate of drug-likeness (QED) is 0.102. The Labute approximate surface area is 179 Å². The molecule has 1 amide bonds. The number of ether oxygens (including phenoxy) is 3. The van der Waals surface area contributed by atoms with Crippen LogP contribution in [-0.2, 0) is 48.3 Å². The van der Waals surface area contributed by atoms with Gasteiger partial charge in [0.1, 0.15) is 48.3 Å². The number of carboxylic acid groups (broad SMARTS) is 1. The molecule has 1 saturated heterocycles. The summed E-state index contributed by atoms with van der Waals surface area (Å²) in [5.74, 6) is -3.61. The molecular weight excluding hydrogens is 470 g/mol. The third-order valence-corrected chi connectivity index (χ3v) is 4.67. The van der Waals surface area contributed by atoms with Crippen LogP contribution in [0.25, 0.3) is 0 Å². The van der Waals surface area contributed by atoms with Crippen LogP contribution in [0.4, 0.5) is 0 Å². The highest BCUT2D eigenvalue weighted by atomic mass is 32.3. The van der Waals surface area contributed by atoms with E-state index in [1.807, 2.05) is 0 Å². The summed E-state index contributed by atoms with van der Waals surface area (Å²) in [6.07, 6.45) is -12.6. The lowest BCUT2D eigenvalue weighted by atomic mass is 9.96. The van der Waals surface area contributed by atoms with Crippen molar-refractivity contribution < 1.29 is 76.6 Å². The van der Waals surface area contributed by atoms with Crippen LogP contribution in [0.2, 0.25) is 0 Å². The number of carbonyl (C=O) groups excluding carboxylic acids is 2. The van der Waals surface area contributed by atoms with E-state index in [0.29, 0.717) is 6.08 Å². The summed E-state index contributed by atoms with van der Waals surface area (Å²) in [7, 11) is -5.29. The number of aliphatic hydroxyl groups excluding tert-OH is 3. The molecule has 18 heteroatoms. The summed E-state index contributed by atoms with van der Waals surface area (Å²) >= 11 is 0. The molecule has 0 radical (unpaired) electrons. The van der Waals surface area contributed by atoms with Gasteiger partial charge in [-0.05, 0) is 6.08 Å². The van der Waals surface area contributed by atoms with Crippen LogP contribution >= 0.6 is 0 Å². The molecule has 2 rings (SSSR count). The normalized spacial score (nSPS) is 35.5. The Bertz CT molecular complexity index is 816. The molecule has 3 unspecified atom stereocenters. The maximum Gasteiger partial charge on any atom is 0.229 e. The smallest absolute Gasteiger partial charge is 0.229 e. The van der Waals surface area contributed by atoms with E-state index < -0.39 is 83.8 Å². The second-order valence-corrected chi connectivity index (χ2v) is 7.55. The minimum Gasteiger partial charge on any atom is -0.726 e. The second kappa shape index (κ2) is 10.8. The van der Waals surface area contributed by atoms with Gasteiger partial charge in [0.15, 0.2) is 6.29 Å². The Morgan fingerprint density at radius 1 is 1.25 bits per heavy atom. The van der Waals surface area contributed by atoms with Crippen LogP contribution in [0.1, 0.15) is 6.92 Å². The number of carbonyl (C=O) groups is 2.